The zero-order valence-electron chi connectivity index (χ0n) is 9.55. The summed E-state index contributed by atoms with van der Waals surface area (Å²) in [5, 5.41) is 3.43. The van der Waals surface area contributed by atoms with Gasteiger partial charge in [-0.15, -0.1) is 0 Å². The van der Waals surface area contributed by atoms with Gasteiger partial charge in [0, 0.05) is 6.54 Å². The third kappa shape index (κ3) is 3.49. The molecular formula is C11H13Cl2NO3. The minimum atomic E-state index is -0.551. The Balaban J connectivity index is 2.95. The maximum atomic E-state index is 11.8. The average molecular weight is 278 g/mol. The normalized spacial score (nSPS) is 10.1. The summed E-state index contributed by atoms with van der Waals surface area (Å²) in [5.74, 6) is -0.321. The summed E-state index contributed by atoms with van der Waals surface area (Å²) in [4.78, 5) is 11.8. The third-order valence-corrected chi connectivity index (χ3v) is 2.66. The van der Waals surface area contributed by atoms with E-state index in [0.29, 0.717) is 11.6 Å². The van der Waals surface area contributed by atoms with Crippen molar-refractivity contribution in [2.45, 2.75) is 0 Å². The van der Waals surface area contributed by atoms with E-state index in [4.69, 9.17) is 32.7 Å². The lowest BCUT2D eigenvalue weighted by Gasteiger charge is -2.11. The van der Waals surface area contributed by atoms with Crippen molar-refractivity contribution >= 4 is 29.2 Å². The third-order valence-electron chi connectivity index (χ3n) is 2.05. The van der Waals surface area contributed by atoms with Gasteiger partial charge in [0.15, 0.2) is 5.75 Å². The summed E-state index contributed by atoms with van der Waals surface area (Å²) in [5.41, 5.74) is 0.151. The predicted molar refractivity (Wildman–Crippen MR) is 67.2 cm³/mol. The fourth-order valence-electron chi connectivity index (χ4n) is 1.24. The second-order valence-electron chi connectivity index (χ2n) is 3.18. The first-order valence-electron chi connectivity index (χ1n) is 4.95. The van der Waals surface area contributed by atoms with Gasteiger partial charge in [-0.05, 0) is 19.2 Å². The van der Waals surface area contributed by atoms with E-state index in [1.54, 1.807) is 13.1 Å². The van der Waals surface area contributed by atoms with Crippen LogP contribution in [-0.4, -0.2) is 33.3 Å². The average Bonchev–Trinajstić information content (AvgIpc) is 2.31. The van der Waals surface area contributed by atoms with Crippen LogP contribution in [0.1, 0.15) is 10.4 Å². The number of hydrogen-bond acceptors (Lipinski definition) is 4. The van der Waals surface area contributed by atoms with Crippen molar-refractivity contribution in [1.82, 2.24) is 5.32 Å². The molecular weight excluding hydrogens is 265 g/mol. The summed E-state index contributed by atoms with van der Waals surface area (Å²) in [6, 6.07) is 3.09. The number of hydrogen-bond donors (Lipinski definition) is 1. The van der Waals surface area contributed by atoms with Gasteiger partial charge in [-0.2, -0.15) is 0 Å². The van der Waals surface area contributed by atoms with Crippen molar-refractivity contribution in [1.29, 1.82) is 0 Å². The molecule has 1 aromatic carbocycles. The fourth-order valence-corrected chi connectivity index (χ4v) is 1.70. The lowest BCUT2D eigenvalue weighted by molar-refractivity contribution is 0.0507. The van der Waals surface area contributed by atoms with Crippen LogP contribution >= 0.6 is 23.2 Å². The standard InChI is InChI=1S/C11H13Cl2NO3/c1-14-5-6-17-11(15)9-7(12)3-4-8(13)10(9)16-2/h3-4,14H,5-6H2,1-2H3. The van der Waals surface area contributed by atoms with E-state index < -0.39 is 5.97 Å². The molecule has 0 amide bonds. The highest BCUT2D eigenvalue weighted by atomic mass is 35.5. The topological polar surface area (TPSA) is 47.6 Å². The van der Waals surface area contributed by atoms with Crippen LogP contribution in [0.2, 0.25) is 10.0 Å². The quantitative estimate of drug-likeness (QED) is 0.663. The van der Waals surface area contributed by atoms with Crippen LogP contribution in [0.15, 0.2) is 12.1 Å². The Labute approximate surface area is 110 Å². The molecule has 0 spiro atoms. The van der Waals surface area contributed by atoms with Crippen molar-refractivity contribution in [3.63, 3.8) is 0 Å². The number of halogens is 2. The van der Waals surface area contributed by atoms with Crippen LogP contribution in [0.3, 0.4) is 0 Å². The number of carbonyl (C=O) groups excluding carboxylic acids is 1. The van der Waals surface area contributed by atoms with Crippen molar-refractivity contribution < 1.29 is 14.3 Å². The molecule has 0 aliphatic carbocycles. The summed E-state index contributed by atoms with van der Waals surface area (Å²) in [7, 11) is 3.18. The molecule has 0 saturated heterocycles. The zero-order valence-corrected chi connectivity index (χ0v) is 11.1. The Bertz CT molecular complexity index is 410. The van der Waals surface area contributed by atoms with E-state index in [-0.39, 0.29) is 22.9 Å². The smallest absolute Gasteiger partial charge is 0.343 e. The minimum absolute atomic E-state index is 0.151. The van der Waals surface area contributed by atoms with Crippen LogP contribution in [0.5, 0.6) is 5.75 Å². The maximum Gasteiger partial charge on any atom is 0.343 e. The second-order valence-corrected chi connectivity index (χ2v) is 3.99. The molecule has 0 aliphatic rings. The Morgan fingerprint density at radius 1 is 1.35 bits per heavy atom. The van der Waals surface area contributed by atoms with Gasteiger partial charge in [0.2, 0.25) is 0 Å². The van der Waals surface area contributed by atoms with Crippen LogP contribution in [0, 0.1) is 0 Å². The van der Waals surface area contributed by atoms with Crippen molar-refractivity contribution in [2.75, 3.05) is 27.3 Å². The van der Waals surface area contributed by atoms with Crippen LogP contribution < -0.4 is 10.1 Å². The molecule has 0 bridgehead atoms. The van der Waals surface area contributed by atoms with Crippen LogP contribution in [0.4, 0.5) is 0 Å². The Kier molecular flexibility index (Phi) is 5.55. The molecule has 17 heavy (non-hydrogen) atoms. The molecule has 0 unspecified atom stereocenters. The Morgan fingerprint density at radius 3 is 2.59 bits per heavy atom. The summed E-state index contributed by atoms with van der Waals surface area (Å²) in [6.07, 6.45) is 0. The molecule has 6 heteroatoms. The molecule has 1 N–H and O–H groups in total. The van der Waals surface area contributed by atoms with E-state index in [1.165, 1.54) is 13.2 Å². The first kappa shape index (κ1) is 14.1. The number of rotatable bonds is 5. The number of carbonyl (C=O) groups is 1. The van der Waals surface area contributed by atoms with Crippen molar-refractivity contribution in [3.8, 4) is 5.75 Å². The van der Waals surface area contributed by atoms with Crippen molar-refractivity contribution in [3.05, 3.63) is 27.7 Å². The van der Waals surface area contributed by atoms with E-state index >= 15 is 0 Å². The molecule has 0 atom stereocenters. The Hall–Kier alpha value is -0.970. The van der Waals surface area contributed by atoms with Crippen molar-refractivity contribution in [2.24, 2.45) is 0 Å². The van der Waals surface area contributed by atoms with E-state index in [9.17, 15) is 4.79 Å². The molecule has 0 fully saturated rings. The lowest BCUT2D eigenvalue weighted by Crippen LogP contribution is -2.18. The van der Waals surface area contributed by atoms with Gasteiger partial charge >= 0.3 is 5.97 Å². The first-order valence-corrected chi connectivity index (χ1v) is 5.71. The van der Waals surface area contributed by atoms with E-state index in [1.807, 2.05) is 0 Å². The van der Waals surface area contributed by atoms with E-state index in [2.05, 4.69) is 5.32 Å². The molecule has 0 saturated carbocycles. The monoisotopic (exact) mass is 277 g/mol. The number of esters is 1. The van der Waals surface area contributed by atoms with Gasteiger partial charge in [-0.3, -0.25) is 0 Å². The summed E-state index contributed by atoms with van der Waals surface area (Å²) < 4.78 is 10.1. The molecule has 1 aromatic rings. The van der Waals surface area contributed by atoms with Gasteiger partial charge in [0.1, 0.15) is 12.2 Å². The highest BCUT2D eigenvalue weighted by Crippen LogP contribution is 2.34. The summed E-state index contributed by atoms with van der Waals surface area (Å²) >= 11 is 11.8. The van der Waals surface area contributed by atoms with Gasteiger partial charge in [0.25, 0.3) is 0 Å². The molecule has 1 rings (SSSR count). The maximum absolute atomic E-state index is 11.8. The molecule has 0 aromatic heterocycles. The second kappa shape index (κ2) is 6.69. The fraction of sp³-hybridized carbons (Fsp3) is 0.364. The number of methoxy groups -OCH3 is 1. The van der Waals surface area contributed by atoms with Gasteiger partial charge in [-0.1, -0.05) is 23.2 Å². The SMILES string of the molecule is CNCCOC(=O)c1c(Cl)ccc(Cl)c1OC. The Morgan fingerprint density at radius 2 is 2.00 bits per heavy atom. The predicted octanol–water partition coefficient (Wildman–Crippen LogP) is 2.38. The highest BCUT2D eigenvalue weighted by Gasteiger charge is 2.20. The lowest BCUT2D eigenvalue weighted by atomic mass is 10.2. The van der Waals surface area contributed by atoms with E-state index in [0.717, 1.165) is 0 Å². The number of likely N-dealkylation sites (N-methyl/N-ethyl adjacent to an activating group) is 1. The zero-order chi connectivity index (χ0) is 12.8. The number of ether oxygens (including phenoxy) is 2. The molecule has 0 radical (unpaired) electrons. The first-order chi connectivity index (χ1) is 8.11. The number of nitrogens with one attached hydrogen (secondary N) is 1. The molecule has 0 heterocycles. The molecule has 4 nitrogen and oxygen atoms in total. The van der Waals surface area contributed by atoms with Gasteiger partial charge < -0.3 is 14.8 Å². The summed E-state index contributed by atoms with van der Waals surface area (Å²) in [6.45, 7) is 0.813. The molecule has 0 aliphatic heterocycles. The largest absolute Gasteiger partial charge is 0.494 e. The van der Waals surface area contributed by atoms with Gasteiger partial charge in [-0.25, -0.2) is 4.79 Å². The number of benzene rings is 1. The van der Waals surface area contributed by atoms with Crippen LogP contribution in [-0.2, 0) is 4.74 Å². The molecule has 94 valence electrons. The van der Waals surface area contributed by atoms with Gasteiger partial charge in [0.05, 0.1) is 17.2 Å². The highest BCUT2D eigenvalue weighted by molar-refractivity contribution is 6.37. The van der Waals surface area contributed by atoms with Crippen LogP contribution in [0.25, 0.3) is 0 Å². The minimum Gasteiger partial charge on any atom is -0.494 e.